The molecule has 4 rings (SSSR count). The summed E-state index contributed by atoms with van der Waals surface area (Å²) in [6.45, 7) is 2.69. The molecule has 0 saturated carbocycles. The van der Waals surface area contributed by atoms with Crippen molar-refractivity contribution in [1.29, 1.82) is 0 Å². The molecule has 154 valence electrons. The molecule has 0 N–H and O–H groups in total. The van der Waals surface area contributed by atoms with Crippen molar-refractivity contribution in [2.45, 2.75) is 20.0 Å². The molecular formula is C23H21NO6. The monoisotopic (exact) mass is 407 g/mol. The number of nitrogens with zero attached hydrogens (tertiary/aromatic N) is 1. The largest absolute Gasteiger partial charge is 0.486 e. The number of methoxy groups -OCH3 is 1. The molecule has 0 aliphatic carbocycles. The number of hydrogen-bond acceptors (Lipinski definition) is 7. The summed E-state index contributed by atoms with van der Waals surface area (Å²) in [6.07, 6.45) is 0.0662. The highest BCUT2D eigenvalue weighted by Gasteiger charge is 2.21. The SMILES string of the molecule is COC(=O)c1c(COC(=O)Cc2ccc3c(c2)OCCO3)nc2ccccc2c1C. The maximum absolute atomic E-state index is 12.4. The number of aromatic nitrogens is 1. The molecule has 1 aliphatic rings. The van der Waals surface area contributed by atoms with Crippen molar-refractivity contribution in [3.63, 3.8) is 0 Å². The van der Waals surface area contributed by atoms with Crippen LogP contribution >= 0.6 is 0 Å². The van der Waals surface area contributed by atoms with Crippen LogP contribution in [-0.4, -0.2) is 37.2 Å². The average Bonchev–Trinajstić information content (AvgIpc) is 2.77. The lowest BCUT2D eigenvalue weighted by Gasteiger charge is -2.18. The number of ether oxygens (including phenoxy) is 4. The third-order valence-corrected chi connectivity index (χ3v) is 4.94. The van der Waals surface area contributed by atoms with Gasteiger partial charge in [-0.1, -0.05) is 24.3 Å². The van der Waals surface area contributed by atoms with Crippen molar-refractivity contribution < 1.29 is 28.5 Å². The van der Waals surface area contributed by atoms with Gasteiger partial charge >= 0.3 is 11.9 Å². The van der Waals surface area contributed by atoms with Crippen LogP contribution in [0.25, 0.3) is 10.9 Å². The topological polar surface area (TPSA) is 84.0 Å². The van der Waals surface area contributed by atoms with E-state index in [1.165, 1.54) is 7.11 Å². The summed E-state index contributed by atoms with van der Waals surface area (Å²) in [5, 5.41) is 0.851. The first-order chi connectivity index (χ1) is 14.6. The Morgan fingerprint density at radius 1 is 1.07 bits per heavy atom. The Kier molecular flexibility index (Phi) is 5.52. The Hall–Kier alpha value is -3.61. The number of benzene rings is 2. The fourth-order valence-corrected chi connectivity index (χ4v) is 3.48. The summed E-state index contributed by atoms with van der Waals surface area (Å²) in [6, 6.07) is 12.8. The Labute approximate surface area is 173 Å². The van der Waals surface area contributed by atoms with E-state index >= 15 is 0 Å². The van der Waals surface area contributed by atoms with Gasteiger partial charge < -0.3 is 18.9 Å². The van der Waals surface area contributed by atoms with E-state index in [4.69, 9.17) is 18.9 Å². The van der Waals surface area contributed by atoms with Crippen molar-refractivity contribution in [2.75, 3.05) is 20.3 Å². The number of carbonyl (C=O) groups excluding carboxylic acids is 2. The predicted molar refractivity (Wildman–Crippen MR) is 109 cm³/mol. The van der Waals surface area contributed by atoms with Gasteiger partial charge in [-0.05, 0) is 36.2 Å². The van der Waals surface area contributed by atoms with E-state index in [9.17, 15) is 9.59 Å². The number of aryl methyl sites for hydroxylation is 1. The highest BCUT2D eigenvalue weighted by molar-refractivity contribution is 5.98. The van der Waals surface area contributed by atoms with Gasteiger partial charge in [0.05, 0.1) is 30.3 Å². The van der Waals surface area contributed by atoms with Gasteiger partial charge in [0.25, 0.3) is 0 Å². The Morgan fingerprint density at radius 2 is 1.83 bits per heavy atom. The standard InChI is InChI=1S/C23H21NO6/c1-14-16-5-3-4-6-17(16)24-18(22(14)23(26)27-2)13-30-21(25)12-15-7-8-19-20(11-15)29-10-9-28-19/h3-8,11H,9-10,12-13H2,1-2H3. The number of esters is 2. The maximum atomic E-state index is 12.4. The van der Waals surface area contributed by atoms with Gasteiger partial charge in [0.15, 0.2) is 11.5 Å². The summed E-state index contributed by atoms with van der Waals surface area (Å²) in [5.41, 5.74) is 2.91. The minimum absolute atomic E-state index is 0.0662. The van der Waals surface area contributed by atoms with Crippen molar-refractivity contribution >= 4 is 22.8 Å². The van der Waals surface area contributed by atoms with Crippen LogP contribution in [-0.2, 0) is 27.3 Å². The van der Waals surface area contributed by atoms with Gasteiger partial charge in [0.2, 0.25) is 0 Å². The van der Waals surface area contributed by atoms with E-state index in [-0.39, 0.29) is 13.0 Å². The summed E-state index contributed by atoms with van der Waals surface area (Å²) < 4.78 is 21.4. The molecule has 7 nitrogen and oxygen atoms in total. The number of rotatable bonds is 5. The first-order valence-electron chi connectivity index (χ1n) is 9.57. The van der Waals surface area contributed by atoms with Gasteiger partial charge in [-0.3, -0.25) is 4.79 Å². The Balaban J connectivity index is 1.52. The lowest BCUT2D eigenvalue weighted by atomic mass is 10.0. The van der Waals surface area contributed by atoms with Crippen LogP contribution in [0.2, 0.25) is 0 Å². The first kappa shape index (κ1) is 19.7. The third-order valence-electron chi connectivity index (χ3n) is 4.94. The van der Waals surface area contributed by atoms with Gasteiger partial charge in [-0.2, -0.15) is 0 Å². The minimum Gasteiger partial charge on any atom is -0.486 e. The summed E-state index contributed by atoms with van der Waals surface area (Å²) in [7, 11) is 1.31. The molecule has 0 unspecified atom stereocenters. The molecule has 2 heterocycles. The lowest BCUT2D eigenvalue weighted by molar-refractivity contribution is -0.144. The first-order valence-corrected chi connectivity index (χ1v) is 9.57. The van der Waals surface area contributed by atoms with E-state index in [0.29, 0.717) is 36.0 Å². The smallest absolute Gasteiger partial charge is 0.340 e. The van der Waals surface area contributed by atoms with Gasteiger partial charge in [0, 0.05) is 5.39 Å². The maximum Gasteiger partial charge on any atom is 0.340 e. The van der Waals surface area contributed by atoms with E-state index in [1.54, 1.807) is 18.2 Å². The summed E-state index contributed by atoms with van der Waals surface area (Å²) >= 11 is 0. The number of carbonyl (C=O) groups is 2. The molecule has 1 aromatic heterocycles. The molecule has 30 heavy (non-hydrogen) atoms. The van der Waals surface area contributed by atoms with Crippen LogP contribution in [0.4, 0.5) is 0 Å². The van der Waals surface area contributed by atoms with E-state index in [1.807, 2.05) is 31.2 Å². The molecule has 0 saturated heterocycles. The molecule has 0 bridgehead atoms. The fourth-order valence-electron chi connectivity index (χ4n) is 3.48. The van der Waals surface area contributed by atoms with E-state index < -0.39 is 11.9 Å². The predicted octanol–water partition coefficient (Wildman–Crippen LogP) is 3.39. The lowest BCUT2D eigenvalue weighted by Crippen LogP contribution is -2.16. The van der Waals surface area contributed by atoms with Crippen LogP contribution in [0.15, 0.2) is 42.5 Å². The van der Waals surface area contributed by atoms with E-state index in [0.717, 1.165) is 22.0 Å². The highest BCUT2D eigenvalue weighted by atomic mass is 16.6. The Morgan fingerprint density at radius 3 is 2.63 bits per heavy atom. The number of para-hydroxylation sites is 1. The van der Waals surface area contributed by atoms with Crippen molar-refractivity contribution in [2.24, 2.45) is 0 Å². The molecule has 0 fully saturated rings. The van der Waals surface area contributed by atoms with Gasteiger partial charge in [-0.15, -0.1) is 0 Å². The van der Waals surface area contributed by atoms with E-state index in [2.05, 4.69) is 4.98 Å². The quantitative estimate of drug-likeness (QED) is 0.600. The second-order valence-electron chi connectivity index (χ2n) is 6.88. The second kappa shape index (κ2) is 8.41. The van der Waals surface area contributed by atoms with Crippen LogP contribution < -0.4 is 9.47 Å². The third kappa shape index (κ3) is 3.91. The highest BCUT2D eigenvalue weighted by Crippen LogP contribution is 2.31. The molecule has 0 amide bonds. The molecule has 0 spiro atoms. The summed E-state index contributed by atoms with van der Waals surface area (Å²) in [4.78, 5) is 29.3. The minimum atomic E-state index is -0.511. The number of fused-ring (bicyclic) bond motifs is 2. The van der Waals surface area contributed by atoms with Crippen LogP contribution in [0, 0.1) is 6.92 Å². The Bertz CT molecular complexity index is 1120. The zero-order chi connectivity index (χ0) is 21.1. The summed E-state index contributed by atoms with van der Waals surface area (Å²) in [5.74, 6) is 0.335. The van der Waals surface area contributed by atoms with Crippen LogP contribution in [0.3, 0.4) is 0 Å². The molecule has 0 radical (unpaired) electrons. The fraction of sp³-hybridized carbons (Fsp3) is 0.261. The zero-order valence-corrected chi connectivity index (χ0v) is 16.8. The molecule has 2 aromatic carbocycles. The van der Waals surface area contributed by atoms with Gasteiger partial charge in [-0.25, -0.2) is 9.78 Å². The van der Waals surface area contributed by atoms with Crippen molar-refractivity contribution in [3.05, 3.63) is 64.8 Å². The van der Waals surface area contributed by atoms with Crippen molar-refractivity contribution in [1.82, 2.24) is 4.98 Å². The van der Waals surface area contributed by atoms with Crippen LogP contribution in [0.1, 0.15) is 27.2 Å². The van der Waals surface area contributed by atoms with Crippen molar-refractivity contribution in [3.8, 4) is 11.5 Å². The normalized spacial score (nSPS) is 12.5. The van der Waals surface area contributed by atoms with Gasteiger partial charge in [0.1, 0.15) is 19.8 Å². The molecular weight excluding hydrogens is 386 g/mol. The van der Waals surface area contributed by atoms with Crippen LogP contribution in [0.5, 0.6) is 11.5 Å². The second-order valence-corrected chi connectivity index (χ2v) is 6.88. The molecule has 0 atom stereocenters. The zero-order valence-electron chi connectivity index (χ0n) is 16.8. The number of pyridine rings is 1. The number of hydrogen-bond donors (Lipinski definition) is 0. The average molecular weight is 407 g/mol. The molecule has 1 aliphatic heterocycles. The molecule has 3 aromatic rings. The molecule has 7 heteroatoms.